The van der Waals surface area contributed by atoms with E-state index in [9.17, 15) is 9.59 Å². The lowest BCUT2D eigenvalue weighted by Gasteiger charge is -2.27. The molecule has 1 aliphatic heterocycles. The molecule has 2 heterocycles. The first-order valence-corrected chi connectivity index (χ1v) is 12.5. The molecule has 3 aromatic rings. The third kappa shape index (κ3) is 5.24. The zero-order chi connectivity index (χ0) is 24.2. The molecular weight excluding hydrogens is 440 g/mol. The van der Waals surface area contributed by atoms with Crippen molar-refractivity contribution in [3.8, 4) is 17.0 Å². The van der Waals surface area contributed by atoms with Crippen LogP contribution in [0.1, 0.15) is 60.9 Å². The molecule has 7 nitrogen and oxygen atoms in total. The number of fused-ring (bicyclic) bond motifs is 1. The van der Waals surface area contributed by atoms with E-state index in [1.54, 1.807) is 12.0 Å². The molecule has 182 valence electrons. The van der Waals surface area contributed by atoms with Crippen LogP contribution in [0.4, 0.5) is 5.82 Å². The van der Waals surface area contributed by atoms with E-state index in [0.29, 0.717) is 25.1 Å². The summed E-state index contributed by atoms with van der Waals surface area (Å²) in [5.74, 6) is 1.65. The number of nitrogens with one attached hydrogen (secondary N) is 1. The number of anilines is 1. The second-order valence-electron chi connectivity index (χ2n) is 9.43. The number of amides is 2. The number of methoxy groups -OCH3 is 1. The molecule has 0 unspecified atom stereocenters. The summed E-state index contributed by atoms with van der Waals surface area (Å²) in [6.45, 7) is 1.01. The Morgan fingerprint density at radius 2 is 1.74 bits per heavy atom. The van der Waals surface area contributed by atoms with Gasteiger partial charge in [-0.05, 0) is 54.8 Å². The molecule has 2 aliphatic rings. The Kier molecular flexibility index (Phi) is 6.84. The van der Waals surface area contributed by atoms with Gasteiger partial charge in [-0.1, -0.05) is 37.8 Å². The highest BCUT2D eigenvalue weighted by Gasteiger charge is 2.27. The standard InChI is InChI=1S/C28H32N4O3/c1-35-24-14-12-21(13-15-24)25-18-26-31(27(33)16-17-32(26)30-25)19-20-8-10-22(11-9-20)28(34)29-23-6-4-2-3-5-7-23/h8-15,18,23H,2-7,16-17,19H2,1H3,(H,29,34). The summed E-state index contributed by atoms with van der Waals surface area (Å²) in [4.78, 5) is 27.3. The number of nitrogens with zero attached hydrogens (tertiary/aromatic N) is 3. The van der Waals surface area contributed by atoms with E-state index in [-0.39, 0.29) is 17.9 Å². The largest absolute Gasteiger partial charge is 0.497 e. The number of carbonyl (C=O) groups is 2. The van der Waals surface area contributed by atoms with Crippen molar-refractivity contribution >= 4 is 17.6 Å². The highest BCUT2D eigenvalue weighted by molar-refractivity contribution is 5.95. The summed E-state index contributed by atoms with van der Waals surface area (Å²) in [5, 5.41) is 7.93. The zero-order valence-electron chi connectivity index (χ0n) is 20.2. The molecule has 1 N–H and O–H groups in total. The lowest BCUT2D eigenvalue weighted by molar-refractivity contribution is -0.119. The molecule has 0 spiro atoms. The summed E-state index contributed by atoms with van der Waals surface area (Å²) in [6.07, 6.45) is 7.43. The third-order valence-electron chi connectivity index (χ3n) is 7.01. The fraction of sp³-hybridized carbons (Fsp3) is 0.393. The number of hydrogen-bond acceptors (Lipinski definition) is 4. The first kappa shape index (κ1) is 23.1. The van der Waals surface area contributed by atoms with Gasteiger partial charge < -0.3 is 10.1 Å². The van der Waals surface area contributed by atoms with Gasteiger partial charge in [-0.2, -0.15) is 5.10 Å². The lowest BCUT2D eigenvalue weighted by atomic mass is 10.1. The van der Waals surface area contributed by atoms with E-state index in [1.807, 2.05) is 59.3 Å². The van der Waals surface area contributed by atoms with Crippen LogP contribution in [0.25, 0.3) is 11.3 Å². The predicted octanol–water partition coefficient (Wildman–Crippen LogP) is 4.95. The topological polar surface area (TPSA) is 76.5 Å². The Balaban J connectivity index is 1.29. The number of aryl methyl sites for hydroxylation is 1. The molecule has 0 radical (unpaired) electrons. The van der Waals surface area contributed by atoms with Crippen LogP contribution in [0.5, 0.6) is 5.75 Å². The van der Waals surface area contributed by atoms with E-state index >= 15 is 0 Å². The van der Waals surface area contributed by atoms with Crippen molar-refractivity contribution in [2.75, 3.05) is 12.0 Å². The van der Waals surface area contributed by atoms with Crippen LogP contribution in [0.3, 0.4) is 0 Å². The molecule has 35 heavy (non-hydrogen) atoms. The Hall–Kier alpha value is -3.61. The van der Waals surface area contributed by atoms with Gasteiger partial charge in [0.2, 0.25) is 5.91 Å². The van der Waals surface area contributed by atoms with Crippen LogP contribution >= 0.6 is 0 Å². The molecule has 0 saturated heterocycles. The third-order valence-corrected chi connectivity index (χ3v) is 7.01. The maximum atomic E-state index is 12.8. The monoisotopic (exact) mass is 472 g/mol. The minimum atomic E-state index is -0.0142. The SMILES string of the molecule is COc1ccc(-c2cc3n(n2)CCC(=O)N3Cc2ccc(C(=O)NC3CCCCCC3)cc2)cc1. The van der Waals surface area contributed by atoms with Gasteiger partial charge in [-0.3, -0.25) is 14.5 Å². The number of benzene rings is 2. The molecule has 1 aliphatic carbocycles. The average molecular weight is 473 g/mol. The highest BCUT2D eigenvalue weighted by atomic mass is 16.5. The van der Waals surface area contributed by atoms with Crippen molar-refractivity contribution < 1.29 is 14.3 Å². The van der Waals surface area contributed by atoms with Gasteiger partial charge in [0.25, 0.3) is 5.91 Å². The first-order valence-electron chi connectivity index (χ1n) is 12.5. The van der Waals surface area contributed by atoms with Gasteiger partial charge in [-0.15, -0.1) is 0 Å². The van der Waals surface area contributed by atoms with Gasteiger partial charge in [0.15, 0.2) is 0 Å². The van der Waals surface area contributed by atoms with Gasteiger partial charge in [-0.25, -0.2) is 4.68 Å². The zero-order valence-corrected chi connectivity index (χ0v) is 20.2. The number of carbonyl (C=O) groups excluding carboxylic acids is 2. The van der Waals surface area contributed by atoms with Gasteiger partial charge >= 0.3 is 0 Å². The second kappa shape index (κ2) is 10.3. The van der Waals surface area contributed by atoms with E-state index in [0.717, 1.165) is 41.2 Å². The van der Waals surface area contributed by atoms with Gasteiger partial charge in [0.05, 0.1) is 25.9 Å². The van der Waals surface area contributed by atoms with Crippen molar-refractivity contribution in [2.24, 2.45) is 0 Å². The normalized spacial score (nSPS) is 16.5. The Labute approximate surface area is 206 Å². The summed E-state index contributed by atoms with van der Waals surface area (Å²) in [6, 6.07) is 17.6. The van der Waals surface area contributed by atoms with Crippen molar-refractivity contribution in [1.29, 1.82) is 0 Å². The number of rotatable bonds is 6. The molecule has 1 fully saturated rings. The van der Waals surface area contributed by atoms with E-state index in [1.165, 1.54) is 25.7 Å². The van der Waals surface area contributed by atoms with E-state index in [4.69, 9.17) is 9.84 Å². The van der Waals surface area contributed by atoms with Crippen molar-refractivity contribution in [1.82, 2.24) is 15.1 Å². The maximum Gasteiger partial charge on any atom is 0.251 e. The summed E-state index contributed by atoms with van der Waals surface area (Å²) in [7, 11) is 1.64. The molecule has 1 saturated carbocycles. The molecule has 0 atom stereocenters. The summed E-state index contributed by atoms with van der Waals surface area (Å²) < 4.78 is 7.14. The smallest absolute Gasteiger partial charge is 0.251 e. The number of aromatic nitrogens is 2. The van der Waals surface area contributed by atoms with E-state index in [2.05, 4.69) is 5.32 Å². The number of hydrogen-bond donors (Lipinski definition) is 1. The van der Waals surface area contributed by atoms with Crippen molar-refractivity contribution in [3.05, 3.63) is 65.7 Å². The Morgan fingerprint density at radius 3 is 2.43 bits per heavy atom. The minimum Gasteiger partial charge on any atom is -0.497 e. The van der Waals surface area contributed by atoms with Crippen LogP contribution in [0, 0.1) is 0 Å². The van der Waals surface area contributed by atoms with Gasteiger partial charge in [0, 0.05) is 29.7 Å². The van der Waals surface area contributed by atoms with Crippen LogP contribution in [0.2, 0.25) is 0 Å². The molecule has 5 rings (SSSR count). The van der Waals surface area contributed by atoms with E-state index < -0.39 is 0 Å². The van der Waals surface area contributed by atoms with Crippen molar-refractivity contribution in [2.45, 2.75) is 64.1 Å². The Morgan fingerprint density at radius 1 is 1.03 bits per heavy atom. The molecule has 7 heteroatoms. The molecule has 1 aromatic heterocycles. The fourth-order valence-corrected chi connectivity index (χ4v) is 4.96. The highest BCUT2D eigenvalue weighted by Crippen LogP contribution is 2.30. The fourth-order valence-electron chi connectivity index (χ4n) is 4.96. The first-order chi connectivity index (χ1) is 17.1. The quantitative estimate of drug-likeness (QED) is 0.515. The summed E-state index contributed by atoms with van der Waals surface area (Å²) >= 11 is 0. The molecule has 2 amide bonds. The maximum absolute atomic E-state index is 12.8. The number of ether oxygens (including phenoxy) is 1. The van der Waals surface area contributed by atoms with Crippen LogP contribution < -0.4 is 15.0 Å². The molecule has 2 aromatic carbocycles. The van der Waals surface area contributed by atoms with Crippen LogP contribution in [-0.2, 0) is 17.9 Å². The van der Waals surface area contributed by atoms with Crippen LogP contribution in [-0.4, -0.2) is 34.7 Å². The lowest BCUT2D eigenvalue weighted by Crippen LogP contribution is -2.37. The minimum absolute atomic E-state index is 0.0142. The predicted molar refractivity (Wildman–Crippen MR) is 135 cm³/mol. The van der Waals surface area contributed by atoms with Crippen molar-refractivity contribution in [3.63, 3.8) is 0 Å². The van der Waals surface area contributed by atoms with Gasteiger partial charge in [0.1, 0.15) is 11.6 Å². The molecular formula is C28H32N4O3. The Bertz CT molecular complexity index is 1180. The molecule has 0 bridgehead atoms. The second-order valence-corrected chi connectivity index (χ2v) is 9.43. The summed E-state index contributed by atoms with van der Waals surface area (Å²) in [5.41, 5.74) is 3.44. The average Bonchev–Trinajstić information content (AvgIpc) is 3.16. The van der Waals surface area contributed by atoms with Crippen LogP contribution in [0.15, 0.2) is 54.6 Å².